The SMILES string of the molecule is CC[C@H](c1ccc(C#CC2CC2)cc1)n1c(C)cc(OCc2ncccn2)cc1=O. The van der Waals surface area contributed by atoms with Crippen molar-refractivity contribution < 1.29 is 4.74 Å². The monoisotopic (exact) mass is 399 g/mol. The summed E-state index contributed by atoms with van der Waals surface area (Å²) in [5, 5.41) is 0. The van der Waals surface area contributed by atoms with Gasteiger partial charge in [-0.1, -0.05) is 30.9 Å². The van der Waals surface area contributed by atoms with Crippen LogP contribution in [0.3, 0.4) is 0 Å². The molecule has 0 radical (unpaired) electrons. The lowest BCUT2D eigenvalue weighted by Crippen LogP contribution is -2.27. The van der Waals surface area contributed by atoms with Crippen LogP contribution in [0.4, 0.5) is 0 Å². The third-order valence-corrected chi connectivity index (χ3v) is 5.21. The fourth-order valence-electron chi connectivity index (χ4n) is 3.49. The van der Waals surface area contributed by atoms with Gasteiger partial charge in [0, 0.05) is 35.6 Å². The molecule has 2 heterocycles. The van der Waals surface area contributed by atoms with Crippen molar-refractivity contribution in [1.29, 1.82) is 0 Å². The molecule has 0 amide bonds. The molecule has 5 heteroatoms. The highest BCUT2D eigenvalue weighted by Gasteiger charge is 2.18. The number of ether oxygens (including phenoxy) is 1. The maximum absolute atomic E-state index is 12.9. The summed E-state index contributed by atoms with van der Waals surface area (Å²) in [6, 6.07) is 13.4. The Labute approximate surface area is 176 Å². The molecule has 0 unspecified atom stereocenters. The Balaban J connectivity index is 1.54. The number of pyridine rings is 1. The average Bonchev–Trinajstić information content (AvgIpc) is 3.59. The molecule has 0 spiro atoms. The Morgan fingerprint density at radius 1 is 1.17 bits per heavy atom. The van der Waals surface area contributed by atoms with Crippen LogP contribution in [0.15, 0.2) is 59.7 Å². The average molecular weight is 399 g/mol. The fraction of sp³-hybridized carbons (Fsp3) is 0.320. The number of aryl methyl sites for hydroxylation is 1. The van der Waals surface area contributed by atoms with E-state index < -0.39 is 0 Å². The van der Waals surface area contributed by atoms with Crippen molar-refractivity contribution in [3.05, 3.63) is 87.9 Å². The van der Waals surface area contributed by atoms with Crippen molar-refractivity contribution in [2.45, 2.75) is 45.8 Å². The van der Waals surface area contributed by atoms with Crippen LogP contribution in [-0.4, -0.2) is 14.5 Å². The first kappa shape index (κ1) is 19.9. The van der Waals surface area contributed by atoms with Crippen LogP contribution < -0.4 is 10.3 Å². The molecule has 1 aliphatic carbocycles. The van der Waals surface area contributed by atoms with Gasteiger partial charge in [0.05, 0.1) is 6.04 Å². The number of benzene rings is 1. The molecular formula is C25H25N3O2. The lowest BCUT2D eigenvalue weighted by atomic mass is 10.0. The van der Waals surface area contributed by atoms with Crippen LogP contribution >= 0.6 is 0 Å². The first-order valence-electron chi connectivity index (χ1n) is 10.4. The Hall–Kier alpha value is -3.39. The van der Waals surface area contributed by atoms with Crippen molar-refractivity contribution in [1.82, 2.24) is 14.5 Å². The Morgan fingerprint density at radius 3 is 2.53 bits per heavy atom. The van der Waals surface area contributed by atoms with Crippen LogP contribution in [0.1, 0.15) is 54.9 Å². The van der Waals surface area contributed by atoms with Crippen molar-refractivity contribution in [3.8, 4) is 17.6 Å². The second-order valence-electron chi connectivity index (χ2n) is 7.58. The highest BCUT2D eigenvalue weighted by Crippen LogP contribution is 2.28. The molecule has 1 aromatic carbocycles. The summed E-state index contributed by atoms with van der Waals surface area (Å²) in [5.74, 6) is 8.23. The lowest BCUT2D eigenvalue weighted by molar-refractivity contribution is 0.293. The Bertz CT molecular complexity index is 1120. The molecule has 0 aliphatic heterocycles. The van der Waals surface area contributed by atoms with Crippen molar-refractivity contribution in [2.24, 2.45) is 5.92 Å². The van der Waals surface area contributed by atoms with Crippen LogP contribution in [-0.2, 0) is 6.61 Å². The summed E-state index contributed by atoms with van der Waals surface area (Å²) in [7, 11) is 0. The highest BCUT2D eigenvalue weighted by molar-refractivity contribution is 5.38. The number of hydrogen-bond acceptors (Lipinski definition) is 4. The van der Waals surface area contributed by atoms with Gasteiger partial charge in [0.1, 0.15) is 12.4 Å². The summed E-state index contributed by atoms with van der Waals surface area (Å²) in [6.07, 6.45) is 6.60. The zero-order chi connectivity index (χ0) is 20.9. The summed E-state index contributed by atoms with van der Waals surface area (Å²) in [6.45, 7) is 4.25. The van der Waals surface area contributed by atoms with Gasteiger partial charge in [-0.3, -0.25) is 4.79 Å². The van der Waals surface area contributed by atoms with Crippen LogP contribution in [0, 0.1) is 24.7 Å². The third kappa shape index (κ3) is 4.77. The van der Waals surface area contributed by atoms with Gasteiger partial charge in [0.15, 0.2) is 5.82 Å². The molecule has 1 aliphatic rings. The standard InChI is InChI=1S/C25H25N3O2/c1-3-23(21-11-9-20(10-12-21)8-7-19-5-6-19)28-18(2)15-22(16-25(28)29)30-17-24-26-13-4-14-27-24/h4,9-16,19,23H,3,5-6,17H2,1-2H3/t23-/m1/s1. The molecule has 0 saturated heterocycles. The van der Waals surface area contributed by atoms with E-state index in [9.17, 15) is 4.79 Å². The maximum Gasteiger partial charge on any atom is 0.255 e. The van der Waals surface area contributed by atoms with Gasteiger partial charge in [-0.25, -0.2) is 9.97 Å². The van der Waals surface area contributed by atoms with Gasteiger partial charge < -0.3 is 9.30 Å². The predicted octanol–water partition coefficient (Wildman–Crippen LogP) is 4.29. The van der Waals surface area contributed by atoms with E-state index in [1.807, 2.05) is 29.7 Å². The van der Waals surface area contributed by atoms with Crippen LogP contribution in [0.5, 0.6) is 5.75 Å². The molecule has 5 nitrogen and oxygen atoms in total. The van der Waals surface area contributed by atoms with E-state index in [0.717, 1.165) is 23.2 Å². The first-order chi connectivity index (χ1) is 14.6. The van der Waals surface area contributed by atoms with Crippen molar-refractivity contribution in [2.75, 3.05) is 0 Å². The van der Waals surface area contributed by atoms with E-state index in [0.29, 0.717) is 17.5 Å². The summed E-state index contributed by atoms with van der Waals surface area (Å²) < 4.78 is 7.57. The van der Waals surface area contributed by atoms with Crippen LogP contribution in [0.2, 0.25) is 0 Å². The molecule has 1 atom stereocenters. The van der Waals surface area contributed by atoms with Gasteiger partial charge in [0.25, 0.3) is 5.56 Å². The number of nitrogens with zero attached hydrogens (tertiary/aromatic N) is 3. The van der Waals surface area contributed by atoms with Gasteiger partial charge >= 0.3 is 0 Å². The number of rotatable bonds is 6. The molecule has 4 rings (SSSR count). The smallest absolute Gasteiger partial charge is 0.255 e. The van der Waals surface area contributed by atoms with Gasteiger partial charge in [0.2, 0.25) is 0 Å². The first-order valence-corrected chi connectivity index (χ1v) is 10.4. The Kier molecular flexibility index (Phi) is 5.94. The molecule has 30 heavy (non-hydrogen) atoms. The van der Waals surface area contributed by atoms with Gasteiger partial charge in [-0.15, -0.1) is 0 Å². The van der Waals surface area contributed by atoms with Gasteiger partial charge in [-0.2, -0.15) is 0 Å². The van der Waals surface area contributed by atoms with E-state index in [2.05, 4.69) is 40.9 Å². The van der Waals surface area contributed by atoms with E-state index in [4.69, 9.17) is 4.74 Å². The second kappa shape index (κ2) is 8.96. The third-order valence-electron chi connectivity index (χ3n) is 5.21. The quantitative estimate of drug-likeness (QED) is 0.581. The van der Waals surface area contributed by atoms with E-state index >= 15 is 0 Å². The topological polar surface area (TPSA) is 57.0 Å². The second-order valence-corrected chi connectivity index (χ2v) is 7.58. The highest BCUT2D eigenvalue weighted by atomic mass is 16.5. The largest absolute Gasteiger partial charge is 0.485 e. The molecule has 1 fully saturated rings. The minimum Gasteiger partial charge on any atom is -0.485 e. The fourth-order valence-corrected chi connectivity index (χ4v) is 3.49. The minimum atomic E-state index is -0.0802. The zero-order valence-corrected chi connectivity index (χ0v) is 17.3. The van der Waals surface area contributed by atoms with Crippen molar-refractivity contribution >= 4 is 0 Å². The van der Waals surface area contributed by atoms with E-state index in [1.54, 1.807) is 18.5 Å². The predicted molar refractivity (Wildman–Crippen MR) is 116 cm³/mol. The minimum absolute atomic E-state index is 0.0329. The molecule has 0 N–H and O–H groups in total. The summed E-state index contributed by atoms with van der Waals surface area (Å²) >= 11 is 0. The normalized spacial score (nSPS) is 13.9. The lowest BCUT2D eigenvalue weighted by Gasteiger charge is -2.22. The summed E-state index contributed by atoms with van der Waals surface area (Å²) in [5.41, 5.74) is 2.90. The van der Waals surface area contributed by atoms with Gasteiger partial charge in [-0.05, 0) is 56.0 Å². The van der Waals surface area contributed by atoms with Crippen molar-refractivity contribution in [3.63, 3.8) is 0 Å². The van der Waals surface area contributed by atoms with E-state index in [-0.39, 0.29) is 18.2 Å². The van der Waals surface area contributed by atoms with Crippen LogP contribution in [0.25, 0.3) is 0 Å². The molecule has 0 bridgehead atoms. The summed E-state index contributed by atoms with van der Waals surface area (Å²) in [4.78, 5) is 21.2. The molecule has 3 aromatic rings. The molecule has 2 aromatic heterocycles. The number of hydrogen-bond donors (Lipinski definition) is 0. The number of aromatic nitrogens is 3. The molecular weight excluding hydrogens is 374 g/mol. The molecule has 1 saturated carbocycles. The van der Waals surface area contributed by atoms with E-state index in [1.165, 1.54) is 18.9 Å². The Morgan fingerprint density at radius 2 is 1.90 bits per heavy atom. The molecule has 152 valence electrons. The maximum atomic E-state index is 12.9. The zero-order valence-electron chi connectivity index (χ0n) is 17.3.